The van der Waals surface area contributed by atoms with Crippen molar-refractivity contribution in [1.82, 2.24) is 10.2 Å². The van der Waals surface area contributed by atoms with Crippen molar-refractivity contribution in [2.75, 3.05) is 23.7 Å². The summed E-state index contributed by atoms with van der Waals surface area (Å²) in [4.78, 5) is 40.7. The second-order valence-corrected chi connectivity index (χ2v) is 11.4. The van der Waals surface area contributed by atoms with Crippen LogP contribution >= 0.6 is 0 Å². The minimum atomic E-state index is -3.91. The van der Waals surface area contributed by atoms with Gasteiger partial charge in [0.25, 0.3) is 0 Å². The number of nitrogens with zero attached hydrogens (tertiary/aromatic N) is 2. The predicted molar refractivity (Wildman–Crippen MR) is 153 cm³/mol. The highest BCUT2D eigenvalue weighted by atomic mass is 32.2. The maximum Gasteiger partial charge on any atom is 0.244 e. The van der Waals surface area contributed by atoms with E-state index in [0.717, 1.165) is 27.3 Å². The third-order valence-electron chi connectivity index (χ3n) is 6.28. The molecule has 0 aromatic heterocycles. The number of aryl methyl sites for hydroxylation is 1. The average Bonchev–Trinajstić information content (AvgIpc) is 2.89. The van der Waals surface area contributed by atoms with Crippen LogP contribution in [0, 0.1) is 6.92 Å². The summed E-state index contributed by atoms with van der Waals surface area (Å²) in [5.74, 6) is -1.09. The van der Waals surface area contributed by atoms with E-state index in [1.807, 2.05) is 61.5 Å². The standard InChI is InChI=1S/C30H35N3O5S/c1-5-31-30(36)28(18-24-12-7-6-8-13-24)32(20-25-14-9-11-22(2)17-25)29(35)21-33(39(4,37)38)27-16-10-15-26(19-27)23(3)34/h6-17,19,28H,5,18,20-21H2,1-4H3,(H,31,36)/t28-/m1/s1. The van der Waals surface area contributed by atoms with Crippen LogP contribution in [-0.2, 0) is 32.6 Å². The molecule has 0 radical (unpaired) electrons. The summed E-state index contributed by atoms with van der Waals surface area (Å²) < 4.78 is 26.7. The SMILES string of the molecule is CCNC(=O)[C@@H](Cc1ccccc1)N(Cc1cccc(C)c1)C(=O)CN(c1cccc(C(C)=O)c1)S(C)(=O)=O. The van der Waals surface area contributed by atoms with Gasteiger partial charge >= 0.3 is 0 Å². The smallest absolute Gasteiger partial charge is 0.244 e. The fourth-order valence-electron chi connectivity index (χ4n) is 4.35. The zero-order valence-corrected chi connectivity index (χ0v) is 23.6. The van der Waals surface area contributed by atoms with Crippen LogP contribution in [0.5, 0.6) is 0 Å². The highest BCUT2D eigenvalue weighted by molar-refractivity contribution is 7.92. The van der Waals surface area contributed by atoms with Crippen LogP contribution in [-0.4, -0.2) is 56.3 Å². The maximum atomic E-state index is 14.0. The molecule has 0 aliphatic heterocycles. The zero-order valence-electron chi connectivity index (χ0n) is 22.8. The molecular weight excluding hydrogens is 514 g/mol. The van der Waals surface area contributed by atoms with Gasteiger partial charge in [-0.25, -0.2) is 8.42 Å². The molecule has 39 heavy (non-hydrogen) atoms. The highest BCUT2D eigenvalue weighted by Gasteiger charge is 2.33. The molecule has 0 unspecified atom stereocenters. The molecule has 0 saturated carbocycles. The number of rotatable bonds is 12. The van der Waals surface area contributed by atoms with E-state index in [1.165, 1.54) is 24.0 Å². The first-order chi connectivity index (χ1) is 18.5. The van der Waals surface area contributed by atoms with Crippen molar-refractivity contribution < 1.29 is 22.8 Å². The van der Waals surface area contributed by atoms with E-state index in [1.54, 1.807) is 19.1 Å². The zero-order chi connectivity index (χ0) is 28.6. The summed E-state index contributed by atoms with van der Waals surface area (Å²) in [6, 6.07) is 22.3. The quantitative estimate of drug-likeness (QED) is 0.347. The lowest BCUT2D eigenvalue weighted by Crippen LogP contribution is -2.53. The molecule has 3 aromatic carbocycles. The maximum absolute atomic E-state index is 14.0. The third-order valence-corrected chi connectivity index (χ3v) is 7.42. The molecule has 8 nitrogen and oxygen atoms in total. The number of carbonyl (C=O) groups is 3. The Kier molecular flexibility index (Phi) is 10.0. The van der Waals surface area contributed by atoms with E-state index >= 15 is 0 Å². The lowest BCUT2D eigenvalue weighted by molar-refractivity contribution is -0.140. The number of hydrogen-bond donors (Lipinski definition) is 1. The Morgan fingerprint density at radius 2 is 1.56 bits per heavy atom. The molecular formula is C30H35N3O5S. The number of amides is 2. The third kappa shape index (κ3) is 8.25. The normalized spacial score (nSPS) is 11.9. The molecule has 3 rings (SSSR count). The largest absolute Gasteiger partial charge is 0.355 e. The molecule has 0 aliphatic carbocycles. The summed E-state index contributed by atoms with van der Waals surface area (Å²) in [5.41, 5.74) is 3.21. The van der Waals surface area contributed by atoms with Crippen LogP contribution in [0.4, 0.5) is 5.69 Å². The van der Waals surface area contributed by atoms with Gasteiger partial charge in [-0.3, -0.25) is 18.7 Å². The number of carbonyl (C=O) groups excluding carboxylic acids is 3. The first-order valence-electron chi connectivity index (χ1n) is 12.7. The van der Waals surface area contributed by atoms with Gasteiger partial charge in [0.05, 0.1) is 11.9 Å². The number of nitrogens with one attached hydrogen (secondary N) is 1. The van der Waals surface area contributed by atoms with Crippen molar-refractivity contribution >= 4 is 33.3 Å². The fraction of sp³-hybridized carbons (Fsp3) is 0.300. The average molecular weight is 550 g/mol. The van der Waals surface area contributed by atoms with E-state index in [9.17, 15) is 22.8 Å². The second kappa shape index (κ2) is 13.2. The van der Waals surface area contributed by atoms with Crippen LogP contribution in [0.1, 0.15) is 40.9 Å². The van der Waals surface area contributed by atoms with Crippen molar-refractivity contribution in [1.29, 1.82) is 0 Å². The number of hydrogen-bond acceptors (Lipinski definition) is 5. The number of anilines is 1. The molecule has 206 valence electrons. The van der Waals surface area contributed by atoms with Crippen molar-refractivity contribution in [3.05, 3.63) is 101 Å². The van der Waals surface area contributed by atoms with E-state index in [-0.39, 0.29) is 30.3 Å². The highest BCUT2D eigenvalue weighted by Crippen LogP contribution is 2.22. The number of Topliss-reactive ketones (excluding diaryl/α,β-unsaturated/α-hetero) is 1. The predicted octanol–water partition coefficient (Wildman–Crippen LogP) is 3.74. The summed E-state index contributed by atoms with van der Waals surface area (Å²) in [5, 5.41) is 2.83. The van der Waals surface area contributed by atoms with Crippen molar-refractivity contribution in [2.24, 2.45) is 0 Å². The first-order valence-corrected chi connectivity index (χ1v) is 14.6. The molecule has 3 aromatic rings. The van der Waals surface area contributed by atoms with Gasteiger partial charge in [0.15, 0.2) is 5.78 Å². The molecule has 0 fully saturated rings. The molecule has 1 N–H and O–H groups in total. The Morgan fingerprint density at radius 3 is 2.18 bits per heavy atom. The van der Waals surface area contributed by atoms with Gasteiger partial charge in [-0.1, -0.05) is 72.3 Å². The first kappa shape index (κ1) is 29.6. The lowest BCUT2D eigenvalue weighted by Gasteiger charge is -2.33. The van der Waals surface area contributed by atoms with Gasteiger partial charge in [-0.15, -0.1) is 0 Å². The topological polar surface area (TPSA) is 104 Å². The molecule has 0 spiro atoms. The minimum Gasteiger partial charge on any atom is -0.355 e. The second-order valence-electron chi connectivity index (χ2n) is 9.49. The minimum absolute atomic E-state index is 0.111. The summed E-state index contributed by atoms with van der Waals surface area (Å²) in [7, 11) is -3.91. The van der Waals surface area contributed by atoms with Crippen molar-refractivity contribution in [3.8, 4) is 0 Å². The molecule has 0 aliphatic rings. The van der Waals surface area contributed by atoms with Crippen molar-refractivity contribution in [2.45, 2.75) is 39.8 Å². The monoisotopic (exact) mass is 549 g/mol. The fourth-order valence-corrected chi connectivity index (χ4v) is 5.19. The Morgan fingerprint density at radius 1 is 0.897 bits per heavy atom. The summed E-state index contributed by atoms with van der Waals surface area (Å²) in [6.07, 6.45) is 1.26. The van der Waals surface area contributed by atoms with E-state index in [2.05, 4.69) is 5.32 Å². The molecule has 0 bridgehead atoms. The van der Waals surface area contributed by atoms with Crippen LogP contribution < -0.4 is 9.62 Å². The van der Waals surface area contributed by atoms with Crippen LogP contribution in [0.25, 0.3) is 0 Å². The van der Waals surface area contributed by atoms with Gasteiger partial charge in [0.2, 0.25) is 21.8 Å². The Labute approximate surface area is 230 Å². The van der Waals surface area contributed by atoms with Crippen LogP contribution in [0.15, 0.2) is 78.9 Å². The van der Waals surface area contributed by atoms with E-state index in [0.29, 0.717) is 12.1 Å². The van der Waals surface area contributed by atoms with Gasteiger partial charge in [0, 0.05) is 25.1 Å². The van der Waals surface area contributed by atoms with Gasteiger partial charge in [-0.05, 0) is 44.0 Å². The molecule has 1 atom stereocenters. The van der Waals surface area contributed by atoms with Gasteiger partial charge in [0.1, 0.15) is 12.6 Å². The molecule has 9 heteroatoms. The number of benzene rings is 3. The Hall–Kier alpha value is -3.98. The van der Waals surface area contributed by atoms with Crippen LogP contribution in [0.2, 0.25) is 0 Å². The summed E-state index contributed by atoms with van der Waals surface area (Å²) >= 11 is 0. The van der Waals surface area contributed by atoms with Gasteiger partial charge < -0.3 is 10.2 Å². The molecule has 0 saturated heterocycles. The van der Waals surface area contributed by atoms with Crippen LogP contribution in [0.3, 0.4) is 0 Å². The molecule has 0 heterocycles. The number of sulfonamides is 1. The van der Waals surface area contributed by atoms with E-state index in [4.69, 9.17) is 0 Å². The number of ketones is 1. The van der Waals surface area contributed by atoms with Crippen molar-refractivity contribution in [3.63, 3.8) is 0 Å². The molecule has 2 amide bonds. The van der Waals surface area contributed by atoms with E-state index < -0.39 is 28.5 Å². The lowest BCUT2D eigenvalue weighted by atomic mass is 10.0. The van der Waals surface area contributed by atoms with Gasteiger partial charge in [-0.2, -0.15) is 0 Å². The Bertz CT molecular complexity index is 1420. The number of likely N-dealkylation sites (N-methyl/N-ethyl adjacent to an activating group) is 1. The summed E-state index contributed by atoms with van der Waals surface area (Å²) in [6.45, 7) is 5.09. The Balaban J connectivity index is 2.06.